The first-order valence-corrected chi connectivity index (χ1v) is 4.39. The Labute approximate surface area is 82.3 Å². The van der Waals surface area contributed by atoms with Crippen LogP contribution in [0, 0.1) is 6.92 Å². The van der Waals surface area contributed by atoms with E-state index in [1.54, 1.807) is 18.0 Å². The molecule has 2 N–H and O–H groups in total. The Bertz CT molecular complexity index is 401. The van der Waals surface area contributed by atoms with Crippen LogP contribution in [-0.2, 0) is 4.79 Å². The molecule has 1 aromatic rings. The first-order valence-electron chi connectivity index (χ1n) is 4.39. The Hall–Kier alpha value is -1.71. The van der Waals surface area contributed by atoms with Crippen molar-refractivity contribution in [1.29, 1.82) is 0 Å². The van der Waals surface area contributed by atoms with E-state index in [2.05, 4.69) is 0 Å². The third-order valence-electron chi connectivity index (χ3n) is 2.35. The van der Waals surface area contributed by atoms with E-state index in [-0.39, 0.29) is 12.5 Å². The van der Waals surface area contributed by atoms with Gasteiger partial charge in [-0.15, -0.1) is 0 Å². The van der Waals surface area contributed by atoms with Crippen LogP contribution >= 0.6 is 0 Å². The number of carbonyl (C=O) groups is 1. The van der Waals surface area contributed by atoms with Gasteiger partial charge in [-0.1, -0.05) is 0 Å². The molecule has 0 fully saturated rings. The summed E-state index contributed by atoms with van der Waals surface area (Å²) < 4.78 is 5.35. The molecule has 1 aliphatic heterocycles. The van der Waals surface area contributed by atoms with Gasteiger partial charge in [-0.2, -0.15) is 0 Å². The van der Waals surface area contributed by atoms with Crippen molar-refractivity contribution in [2.45, 2.75) is 6.92 Å². The molecule has 0 aliphatic carbocycles. The number of nitrogens with two attached hydrogens (primary N) is 1. The Morgan fingerprint density at radius 3 is 2.93 bits per heavy atom. The Kier molecular flexibility index (Phi) is 1.84. The number of rotatable bonds is 0. The normalized spacial score (nSPS) is 15.0. The zero-order valence-corrected chi connectivity index (χ0v) is 8.20. The number of nitrogen functional groups attached to an aromatic ring is 1. The molecular formula is C10H12N2O2. The Balaban J connectivity index is 2.59. The number of ether oxygens (including phenoxy) is 1. The highest BCUT2D eigenvalue weighted by atomic mass is 16.5. The van der Waals surface area contributed by atoms with Crippen LogP contribution in [0.25, 0.3) is 0 Å². The minimum absolute atomic E-state index is 0.0532. The highest BCUT2D eigenvalue weighted by Crippen LogP contribution is 2.36. The molecule has 4 nitrogen and oxygen atoms in total. The summed E-state index contributed by atoms with van der Waals surface area (Å²) in [4.78, 5) is 12.9. The second-order valence-corrected chi connectivity index (χ2v) is 3.43. The average molecular weight is 192 g/mol. The fourth-order valence-electron chi connectivity index (χ4n) is 1.58. The summed E-state index contributed by atoms with van der Waals surface area (Å²) in [6.45, 7) is 2.02. The van der Waals surface area contributed by atoms with E-state index in [4.69, 9.17) is 10.5 Å². The molecule has 4 heteroatoms. The van der Waals surface area contributed by atoms with E-state index in [0.717, 1.165) is 17.0 Å². The monoisotopic (exact) mass is 192 g/mol. The molecule has 0 saturated heterocycles. The van der Waals surface area contributed by atoms with Crippen molar-refractivity contribution < 1.29 is 9.53 Å². The smallest absolute Gasteiger partial charge is 0.264 e. The number of hydrogen-bond donors (Lipinski definition) is 1. The lowest BCUT2D eigenvalue weighted by molar-refractivity contribution is -0.120. The molecule has 2 rings (SSSR count). The molecule has 1 amide bonds. The maximum absolute atomic E-state index is 11.3. The third kappa shape index (κ3) is 1.19. The summed E-state index contributed by atoms with van der Waals surface area (Å²) in [6, 6.07) is 3.59. The van der Waals surface area contributed by atoms with E-state index in [0.29, 0.717) is 5.69 Å². The number of aryl methyl sites for hydroxylation is 1. The molecule has 1 aliphatic rings. The second kappa shape index (κ2) is 2.90. The topological polar surface area (TPSA) is 55.6 Å². The summed E-state index contributed by atoms with van der Waals surface area (Å²) in [7, 11) is 1.72. The number of anilines is 2. The molecule has 0 saturated carbocycles. The summed E-state index contributed by atoms with van der Waals surface area (Å²) in [6.07, 6.45) is 0. The number of benzene rings is 1. The molecule has 0 bridgehead atoms. The molecule has 0 aromatic heterocycles. The Morgan fingerprint density at radius 2 is 2.21 bits per heavy atom. The van der Waals surface area contributed by atoms with E-state index in [1.807, 2.05) is 13.0 Å². The van der Waals surface area contributed by atoms with E-state index in [9.17, 15) is 4.79 Å². The number of carbonyl (C=O) groups excluding carboxylic acids is 1. The fraction of sp³-hybridized carbons (Fsp3) is 0.300. The molecule has 14 heavy (non-hydrogen) atoms. The van der Waals surface area contributed by atoms with Gasteiger partial charge in [-0.05, 0) is 24.6 Å². The first-order chi connectivity index (χ1) is 6.59. The standard InChI is InChI=1S/C10H12N2O2/c1-6-3-7(11)4-8-10(6)14-5-9(13)12(8)2/h3-4H,5,11H2,1-2H3. The van der Waals surface area contributed by atoms with Gasteiger partial charge >= 0.3 is 0 Å². The van der Waals surface area contributed by atoms with Crippen molar-refractivity contribution in [2.24, 2.45) is 0 Å². The average Bonchev–Trinajstić information content (AvgIpc) is 2.12. The SMILES string of the molecule is Cc1cc(N)cc2c1OCC(=O)N2C. The summed E-state index contributed by atoms with van der Waals surface area (Å²) in [5.41, 5.74) is 8.05. The van der Waals surface area contributed by atoms with Gasteiger partial charge in [0, 0.05) is 12.7 Å². The zero-order valence-electron chi connectivity index (χ0n) is 8.20. The van der Waals surface area contributed by atoms with Crippen LogP contribution in [0.15, 0.2) is 12.1 Å². The maximum Gasteiger partial charge on any atom is 0.264 e. The minimum Gasteiger partial charge on any atom is -0.481 e. The number of nitrogens with zero attached hydrogens (tertiary/aromatic N) is 1. The van der Waals surface area contributed by atoms with Crippen molar-refractivity contribution in [3.63, 3.8) is 0 Å². The van der Waals surface area contributed by atoms with Crippen LogP contribution < -0.4 is 15.4 Å². The lowest BCUT2D eigenvalue weighted by Crippen LogP contribution is -2.35. The van der Waals surface area contributed by atoms with Gasteiger partial charge in [0.15, 0.2) is 6.61 Å². The highest BCUT2D eigenvalue weighted by Gasteiger charge is 2.23. The lowest BCUT2D eigenvalue weighted by Gasteiger charge is -2.27. The number of hydrogen-bond acceptors (Lipinski definition) is 3. The van der Waals surface area contributed by atoms with Crippen LogP contribution in [0.4, 0.5) is 11.4 Å². The van der Waals surface area contributed by atoms with Gasteiger partial charge in [-0.3, -0.25) is 4.79 Å². The molecule has 74 valence electrons. The van der Waals surface area contributed by atoms with Crippen LogP contribution in [0.1, 0.15) is 5.56 Å². The van der Waals surface area contributed by atoms with Crippen LogP contribution in [0.2, 0.25) is 0 Å². The van der Waals surface area contributed by atoms with Crippen LogP contribution in [0.5, 0.6) is 5.75 Å². The quantitative estimate of drug-likeness (QED) is 0.622. The largest absolute Gasteiger partial charge is 0.481 e. The summed E-state index contributed by atoms with van der Waals surface area (Å²) >= 11 is 0. The van der Waals surface area contributed by atoms with Crippen LogP contribution in [0.3, 0.4) is 0 Å². The summed E-state index contributed by atoms with van der Waals surface area (Å²) in [5, 5.41) is 0. The zero-order chi connectivity index (χ0) is 10.3. The predicted octanol–water partition coefficient (Wildman–Crippen LogP) is 0.932. The fourth-order valence-corrected chi connectivity index (χ4v) is 1.58. The molecule has 1 heterocycles. The summed E-state index contributed by atoms with van der Waals surface area (Å²) in [5.74, 6) is 0.698. The van der Waals surface area contributed by atoms with Gasteiger partial charge in [0.05, 0.1) is 5.69 Å². The molecule has 0 radical (unpaired) electrons. The second-order valence-electron chi connectivity index (χ2n) is 3.43. The molecule has 0 unspecified atom stereocenters. The van der Waals surface area contributed by atoms with E-state index < -0.39 is 0 Å². The minimum atomic E-state index is -0.0532. The highest BCUT2D eigenvalue weighted by molar-refractivity contribution is 5.98. The third-order valence-corrected chi connectivity index (χ3v) is 2.35. The lowest BCUT2D eigenvalue weighted by atomic mass is 10.1. The van der Waals surface area contributed by atoms with Crippen LogP contribution in [-0.4, -0.2) is 19.6 Å². The Morgan fingerprint density at radius 1 is 1.50 bits per heavy atom. The van der Waals surface area contributed by atoms with Crippen molar-refractivity contribution in [1.82, 2.24) is 0 Å². The van der Waals surface area contributed by atoms with Gasteiger partial charge in [-0.25, -0.2) is 0 Å². The van der Waals surface area contributed by atoms with Crippen molar-refractivity contribution in [3.05, 3.63) is 17.7 Å². The van der Waals surface area contributed by atoms with Crippen molar-refractivity contribution in [2.75, 3.05) is 24.3 Å². The molecule has 0 atom stereocenters. The molecule has 0 spiro atoms. The predicted molar refractivity (Wildman–Crippen MR) is 54.5 cm³/mol. The maximum atomic E-state index is 11.3. The van der Waals surface area contributed by atoms with Gasteiger partial charge < -0.3 is 15.4 Å². The van der Waals surface area contributed by atoms with Gasteiger partial charge in [0.2, 0.25) is 0 Å². The van der Waals surface area contributed by atoms with Gasteiger partial charge in [0.25, 0.3) is 5.91 Å². The molecule has 1 aromatic carbocycles. The van der Waals surface area contributed by atoms with Crippen molar-refractivity contribution in [3.8, 4) is 5.75 Å². The van der Waals surface area contributed by atoms with Crippen molar-refractivity contribution >= 4 is 17.3 Å². The van der Waals surface area contributed by atoms with Gasteiger partial charge in [0.1, 0.15) is 5.75 Å². The molecular weight excluding hydrogens is 180 g/mol. The number of likely N-dealkylation sites (N-methyl/N-ethyl adjacent to an activating group) is 1. The number of fused-ring (bicyclic) bond motifs is 1. The van der Waals surface area contributed by atoms with E-state index in [1.165, 1.54) is 0 Å². The number of amides is 1. The van der Waals surface area contributed by atoms with E-state index >= 15 is 0 Å². The first kappa shape index (κ1) is 8.87.